The quantitative estimate of drug-likeness (QED) is 0.552. The van der Waals surface area contributed by atoms with Gasteiger partial charge in [-0.25, -0.2) is 4.68 Å². The normalized spacial score (nSPS) is 18.3. The first kappa shape index (κ1) is 23.0. The van der Waals surface area contributed by atoms with E-state index >= 15 is 0 Å². The van der Waals surface area contributed by atoms with Gasteiger partial charge in [-0.3, -0.25) is 9.69 Å². The van der Waals surface area contributed by atoms with Gasteiger partial charge in [0.05, 0.1) is 31.1 Å². The number of aromatic nitrogens is 2. The molecule has 7 heteroatoms. The summed E-state index contributed by atoms with van der Waals surface area (Å²) in [6.07, 6.45) is 4.99. The molecule has 0 atom stereocenters. The fourth-order valence-corrected chi connectivity index (χ4v) is 4.32. The number of carbonyl (C=O) groups excluding carboxylic acids is 1. The van der Waals surface area contributed by atoms with Gasteiger partial charge in [-0.2, -0.15) is 5.10 Å². The van der Waals surface area contributed by atoms with Crippen molar-refractivity contribution in [2.75, 3.05) is 20.7 Å². The fraction of sp³-hybridized carbons (Fsp3) is 0.385. The van der Waals surface area contributed by atoms with Crippen LogP contribution in [-0.2, 0) is 11.3 Å². The first-order valence-electron chi connectivity index (χ1n) is 11.5. The minimum atomic E-state index is -0.224. The van der Waals surface area contributed by atoms with Gasteiger partial charge < -0.3 is 15.2 Å². The molecular weight excluding hydrogens is 416 g/mol. The Labute approximate surface area is 195 Å². The van der Waals surface area contributed by atoms with E-state index in [1.165, 1.54) is 0 Å². The Morgan fingerprint density at radius 1 is 1.12 bits per heavy atom. The Bertz CT molecular complexity index is 1040. The highest BCUT2D eigenvalue weighted by Crippen LogP contribution is 2.26. The molecule has 1 fully saturated rings. The molecule has 1 heterocycles. The number of nitrogens with zero attached hydrogens (tertiary/aromatic N) is 3. The summed E-state index contributed by atoms with van der Waals surface area (Å²) in [5.74, 6) is 0.812. The van der Waals surface area contributed by atoms with Crippen molar-refractivity contribution in [3.63, 3.8) is 0 Å². The summed E-state index contributed by atoms with van der Waals surface area (Å²) in [5, 5.41) is 17.7. The lowest BCUT2D eigenvalue weighted by molar-refractivity contribution is -0.123. The van der Waals surface area contributed by atoms with Crippen molar-refractivity contribution in [2.45, 2.75) is 44.4 Å². The van der Waals surface area contributed by atoms with Crippen molar-refractivity contribution in [3.8, 4) is 22.7 Å². The van der Waals surface area contributed by atoms with E-state index in [1.807, 2.05) is 77.4 Å². The molecule has 4 rings (SSSR count). The van der Waals surface area contributed by atoms with Crippen LogP contribution in [0.2, 0.25) is 0 Å². The third-order valence-electron chi connectivity index (χ3n) is 6.09. The second-order valence-electron chi connectivity index (χ2n) is 8.76. The second-order valence-corrected chi connectivity index (χ2v) is 8.76. The summed E-state index contributed by atoms with van der Waals surface area (Å²) in [4.78, 5) is 14.6. The number of hydrogen-bond donors (Lipinski definition) is 2. The number of benzene rings is 2. The van der Waals surface area contributed by atoms with Crippen LogP contribution in [0.4, 0.5) is 0 Å². The van der Waals surface area contributed by atoms with E-state index in [2.05, 4.69) is 5.32 Å². The van der Waals surface area contributed by atoms with E-state index < -0.39 is 0 Å². The third-order valence-corrected chi connectivity index (χ3v) is 6.09. The molecule has 1 aromatic heterocycles. The van der Waals surface area contributed by atoms with E-state index in [0.29, 0.717) is 13.1 Å². The van der Waals surface area contributed by atoms with Crippen LogP contribution < -0.4 is 10.1 Å². The Morgan fingerprint density at radius 2 is 1.82 bits per heavy atom. The number of para-hydroxylation sites is 1. The number of nitrogens with one attached hydrogen (secondary N) is 1. The van der Waals surface area contributed by atoms with E-state index in [0.717, 1.165) is 53.9 Å². The van der Waals surface area contributed by atoms with E-state index in [-0.39, 0.29) is 18.1 Å². The molecule has 33 heavy (non-hydrogen) atoms. The lowest BCUT2D eigenvalue weighted by Gasteiger charge is -2.27. The fourth-order valence-electron chi connectivity index (χ4n) is 4.32. The largest absolute Gasteiger partial charge is 0.497 e. The molecular formula is C26H32N4O3. The maximum Gasteiger partial charge on any atom is 0.234 e. The third kappa shape index (κ3) is 6.00. The maximum absolute atomic E-state index is 12.6. The van der Waals surface area contributed by atoms with Gasteiger partial charge in [-0.1, -0.05) is 18.2 Å². The topological polar surface area (TPSA) is 79.6 Å². The van der Waals surface area contributed by atoms with Crippen LogP contribution in [0.1, 0.15) is 31.2 Å². The Hall–Kier alpha value is -3.16. The van der Waals surface area contributed by atoms with Crippen LogP contribution in [0, 0.1) is 0 Å². The maximum atomic E-state index is 12.6. The molecule has 0 saturated heterocycles. The first-order chi connectivity index (χ1) is 16.0. The number of rotatable bonds is 8. The number of methoxy groups -OCH3 is 1. The molecule has 0 aliphatic heterocycles. The lowest BCUT2D eigenvalue weighted by Crippen LogP contribution is -2.43. The zero-order valence-electron chi connectivity index (χ0n) is 19.3. The van der Waals surface area contributed by atoms with Crippen molar-refractivity contribution < 1.29 is 14.6 Å². The van der Waals surface area contributed by atoms with Crippen LogP contribution in [0.5, 0.6) is 5.75 Å². The highest BCUT2D eigenvalue weighted by Gasteiger charge is 2.22. The summed E-state index contributed by atoms with van der Waals surface area (Å²) in [5.41, 5.74) is 3.91. The van der Waals surface area contributed by atoms with Gasteiger partial charge >= 0.3 is 0 Å². The highest BCUT2D eigenvalue weighted by molar-refractivity contribution is 5.78. The number of amides is 1. The minimum Gasteiger partial charge on any atom is -0.497 e. The first-order valence-corrected chi connectivity index (χ1v) is 11.5. The summed E-state index contributed by atoms with van der Waals surface area (Å²) in [6.45, 7) is 0.891. The number of likely N-dealkylation sites (N-methyl/N-ethyl adjacent to an activating group) is 1. The van der Waals surface area contributed by atoms with E-state index in [9.17, 15) is 9.90 Å². The van der Waals surface area contributed by atoms with E-state index in [4.69, 9.17) is 9.84 Å². The number of aliphatic hydroxyl groups is 1. The monoisotopic (exact) mass is 448 g/mol. The molecule has 0 radical (unpaired) electrons. The average molecular weight is 449 g/mol. The molecule has 1 aliphatic rings. The zero-order chi connectivity index (χ0) is 23.2. The smallest absolute Gasteiger partial charge is 0.234 e. The van der Waals surface area contributed by atoms with Crippen molar-refractivity contribution >= 4 is 5.91 Å². The van der Waals surface area contributed by atoms with Crippen molar-refractivity contribution in [1.82, 2.24) is 20.0 Å². The van der Waals surface area contributed by atoms with Crippen LogP contribution in [0.3, 0.4) is 0 Å². The Kier molecular flexibility index (Phi) is 7.42. The van der Waals surface area contributed by atoms with Crippen molar-refractivity contribution in [3.05, 3.63) is 66.4 Å². The Balaban J connectivity index is 1.49. The predicted molar refractivity (Wildman–Crippen MR) is 128 cm³/mol. The molecule has 2 N–H and O–H groups in total. The van der Waals surface area contributed by atoms with Gasteiger partial charge in [0.25, 0.3) is 0 Å². The van der Waals surface area contributed by atoms with Crippen molar-refractivity contribution in [1.29, 1.82) is 0 Å². The number of ether oxygens (including phenoxy) is 1. The van der Waals surface area contributed by atoms with Gasteiger partial charge in [-0.05, 0) is 69.1 Å². The molecule has 2 aromatic carbocycles. The number of carbonyl (C=O) groups is 1. The molecule has 3 aromatic rings. The minimum absolute atomic E-state index is 0.0142. The molecule has 1 saturated carbocycles. The summed E-state index contributed by atoms with van der Waals surface area (Å²) >= 11 is 0. The molecule has 0 bridgehead atoms. The van der Waals surface area contributed by atoms with Crippen LogP contribution >= 0.6 is 0 Å². The average Bonchev–Trinajstić information content (AvgIpc) is 3.24. The number of aliphatic hydroxyl groups excluding tert-OH is 1. The molecule has 0 unspecified atom stereocenters. The summed E-state index contributed by atoms with van der Waals surface area (Å²) in [7, 11) is 3.60. The lowest BCUT2D eigenvalue weighted by atomic mass is 9.93. The summed E-state index contributed by atoms with van der Waals surface area (Å²) in [6, 6.07) is 18.0. The second kappa shape index (κ2) is 10.6. The molecule has 174 valence electrons. The van der Waals surface area contributed by atoms with Crippen molar-refractivity contribution in [2.24, 2.45) is 0 Å². The predicted octanol–water partition coefficient (Wildman–Crippen LogP) is 3.40. The van der Waals surface area contributed by atoms with Gasteiger partial charge in [0, 0.05) is 29.9 Å². The van der Waals surface area contributed by atoms with Crippen LogP contribution in [0.15, 0.2) is 60.8 Å². The van der Waals surface area contributed by atoms with Gasteiger partial charge in [0.1, 0.15) is 5.75 Å². The van der Waals surface area contributed by atoms with Gasteiger partial charge in [-0.15, -0.1) is 0 Å². The molecule has 7 nitrogen and oxygen atoms in total. The standard InChI is InChI=1S/C26H32N4O3/c1-29(18-25(32)27-21-10-12-23(31)13-11-21)16-20-17-30(22-6-4-3-5-7-22)28-26(20)19-8-14-24(33-2)15-9-19/h3-9,14-15,17,21,23,31H,10-13,16,18H2,1-2H3,(H,27,32). The van der Waals surface area contributed by atoms with Crippen LogP contribution in [0.25, 0.3) is 16.9 Å². The van der Waals surface area contributed by atoms with E-state index in [1.54, 1.807) is 7.11 Å². The SMILES string of the molecule is COc1ccc(-c2nn(-c3ccccc3)cc2CN(C)CC(=O)NC2CCC(O)CC2)cc1. The van der Waals surface area contributed by atoms with Gasteiger partial charge in [0.2, 0.25) is 5.91 Å². The summed E-state index contributed by atoms with van der Waals surface area (Å²) < 4.78 is 7.18. The number of hydrogen-bond acceptors (Lipinski definition) is 5. The zero-order valence-corrected chi connectivity index (χ0v) is 19.3. The molecule has 1 amide bonds. The van der Waals surface area contributed by atoms with Gasteiger partial charge in [0.15, 0.2) is 0 Å². The molecule has 0 spiro atoms. The molecule has 1 aliphatic carbocycles. The Morgan fingerprint density at radius 3 is 2.48 bits per heavy atom. The highest BCUT2D eigenvalue weighted by atomic mass is 16.5. The van der Waals surface area contributed by atoms with Crippen LogP contribution in [-0.4, -0.2) is 58.5 Å².